The Morgan fingerprint density at radius 3 is 1.71 bits per heavy atom. The lowest BCUT2D eigenvalue weighted by molar-refractivity contribution is 0.288. The van der Waals surface area contributed by atoms with Gasteiger partial charge in [0.25, 0.3) is 0 Å². The molecule has 0 atom stereocenters. The molecule has 2 aromatic heterocycles. The quantitative estimate of drug-likeness (QED) is 0.388. The molecule has 0 aliphatic carbocycles. The zero-order valence-corrected chi connectivity index (χ0v) is 18.9. The van der Waals surface area contributed by atoms with Crippen LogP contribution in [0.15, 0.2) is 77.3 Å². The number of ether oxygens (including phenoxy) is 2. The number of aryl methyl sites for hydroxylation is 3. The predicted octanol–water partition coefficient (Wildman–Crippen LogP) is 5.90. The van der Waals surface area contributed by atoms with E-state index in [9.17, 15) is 0 Å². The Bertz CT molecular complexity index is 976. The number of benzene rings is 2. The molecule has 0 amide bonds. The van der Waals surface area contributed by atoms with Crippen LogP contribution in [0.4, 0.5) is 0 Å². The van der Waals surface area contributed by atoms with Gasteiger partial charge in [0.05, 0.1) is 0 Å². The van der Waals surface area contributed by atoms with Gasteiger partial charge in [-0.15, -0.1) is 0 Å². The van der Waals surface area contributed by atoms with Crippen LogP contribution in [0, 0.1) is 13.8 Å². The largest absolute Gasteiger partial charge is 0.487 e. The highest BCUT2D eigenvalue weighted by molar-refractivity contribution is 5.22. The van der Waals surface area contributed by atoms with E-state index in [0.29, 0.717) is 13.2 Å². The zero-order valence-electron chi connectivity index (χ0n) is 18.9. The summed E-state index contributed by atoms with van der Waals surface area (Å²) >= 11 is 0. The van der Waals surface area contributed by atoms with Crippen molar-refractivity contribution in [3.63, 3.8) is 0 Å². The summed E-state index contributed by atoms with van der Waals surface area (Å²) in [6, 6.07) is 23.3. The molecular weight excluding hydrogens is 390 g/mol. The van der Waals surface area contributed by atoms with Gasteiger partial charge in [-0.2, -0.15) is 5.10 Å². The number of nitrogens with zero attached hydrogens (tertiary/aromatic N) is 3. The van der Waals surface area contributed by atoms with Gasteiger partial charge in [-0.3, -0.25) is 4.68 Å². The third kappa shape index (κ3) is 8.38. The van der Waals surface area contributed by atoms with Crippen molar-refractivity contribution in [3.05, 3.63) is 95.6 Å². The lowest BCUT2D eigenvalue weighted by Gasteiger charge is -2.02. The van der Waals surface area contributed by atoms with Crippen molar-refractivity contribution < 1.29 is 14.0 Å². The molecule has 0 bridgehead atoms. The summed E-state index contributed by atoms with van der Waals surface area (Å²) in [4.78, 5) is 0. The van der Waals surface area contributed by atoms with Gasteiger partial charge in [0.1, 0.15) is 41.9 Å². The van der Waals surface area contributed by atoms with E-state index in [0.717, 1.165) is 34.3 Å². The molecule has 0 unspecified atom stereocenters. The highest BCUT2D eigenvalue weighted by Gasteiger charge is 2.02. The second-order valence-corrected chi connectivity index (χ2v) is 6.53. The molecule has 6 nitrogen and oxygen atoms in total. The van der Waals surface area contributed by atoms with Crippen molar-refractivity contribution in [2.24, 2.45) is 7.05 Å². The number of rotatable bonds is 6. The molecule has 0 aliphatic rings. The smallest absolute Gasteiger partial charge is 0.134 e. The molecule has 4 aromatic rings. The number of aromatic nitrogens is 3. The highest BCUT2D eigenvalue weighted by atomic mass is 16.5. The third-order valence-corrected chi connectivity index (χ3v) is 4.10. The second-order valence-electron chi connectivity index (χ2n) is 6.53. The molecule has 0 N–H and O–H groups in total. The minimum Gasteiger partial charge on any atom is -0.487 e. The molecule has 0 radical (unpaired) electrons. The molecule has 31 heavy (non-hydrogen) atoms. The minimum absolute atomic E-state index is 0.446. The Hall–Kier alpha value is -3.54. The molecule has 2 heterocycles. The normalized spacial score (nSPS) is 9.71. The first-order valence-corrected chi connectivity index (χ1v) is 10.4. The van der Waals surface area contributed by atoms with E-state index in [-0.39, 0.29) is 0 Å². The summed E-state index contributed by atoms with van der Waals surface area (Å²) in [6.45, 7) is 8.85. The summed E-state index contributed by atoms with van der Waals surface area (Å²) in [6.07, 6.45) is 0. The molecule has 0 saturated carbocycles. The van der Waals surface area contributed by atoms with Crippen LogP contribution >= 0.6 is 0 Å². The SMILES string of the molecule is CC.Cc1cc(COc2ccccc2)nn1C.Cc1cc(COc2ccccc2)no1. The van der Waals surface area contributed by atoms with Crippen molar-refractivity contribution in [3.8, 4) is 11.5 Å². The third-order valence-electron chi connectivity index (χ3n) is 4.10. The standard InChI is InChI=1S/C12H14N2O.C11H11NO2.C2H6/c1-10-8-11(13-14(10)2)9-15-12-6-4-3-5-7-12;1-9-7-10(12-14-9)8-13-11-5-3-2-4-6-11;1-2/h3-8H,9H2,1-2H3;2-7H,8H2,1H3;1-2H3. The van der Waals surface area contributed by atoms with E-state index in [1.165, 1.54) is 0 Å². The minimum atomic E-state index is 0.446. The average molecular weight is 422 g/mol. The van der Waals surface area contributed by atoms with Gasteiger partial charge in [-0.25, -0.2) is 0 Å². The van der Waals surface area contributed by atoms with E-state index >= 15 is 0 Å². The van der Waals surface area contributed by atoms with Gasteiger partial charge < -0.3 is 14.0 Å². The van der Waals surface area contributed by atoms with Crippen LogP contribution in [0.2, 0.25) is 0 Å². The van der Waals surface area contributed by atoms with Crippen LogP contribution in [-0.4, -0.2) is 14.9 Å². The van der Waals surface area contributed by atoms with Gasteiger partial charge in [-0.1, -0.05) is 55.4 Å². The van der Waals surface area contributed by atoms with E-state index in [4.69, 9.17) is 14.0 Å². The lowest BCUT2D eigenvalue weighted by atomic mass is 10.3. The Balaban J connectivity index is 0.000000204. The highest BCUT2D eigenvalue weighted by Crippen LogP contribution is 2.12. The maximum Gasteiger partial charge on any atom is 0.134 e. The van der Waals surface area contributed by atoms with Crippen molar-refractivity contribution >= 4 is 0 Å². The van der Waals surface area contributed by atoms with Gasteiger partial charge in [0.2, 0.25) is 0 Å². The number of hydrogen-bond acceptors (Lipinski definition) is 5. The van der Waals surface area contributed by atoms with Gasteiger partial charge >= 0.3 is 0 Å². The fourth-order valence-corrected chi connectivity index (χ4v) is 2.54. The molecule has 4 rings (SSSR count). The van der Waals surface area contributed by atoms with Crippen LogP contribution in [0.5, 0.6) is 11.5 Å². The van der Waals surface area contributed by atoms with E-state index in [1.54, 1.807) is 0 Å². The Morgan fingerprint density at radius 2 is 1.29 bits per heavy atom. The molecule has 0 saturated heterocycles. The van der Waals surface area contributed by atoms with Crippen LogP contribution in [-0.2, 0) is 20.3 Å². The van der Waals surface area contributed by atoms with Crippen LogP contribution in [0.3, 0.4) is 0 Å². The predicted molar refractivity (Wildman–Crippen MR) is 122 cm³/mol. The van der Waals surface area contributed by atoms with Gasteiger partial charge in [0, 0.05) is 18.8 Å². The van der Waals surface area contributed by atoms with Crippen molar-refractivity contribution in [2.75, 3.05) is 0 Å². The monoisotopic (exact) mass is 421 g/mol. The van der Waals surface area contributed by atoms with Crippen LogP contribution in [0.1, 0.15) is 36.7 Å². The second kappa shape index (κ2) is 12.9. The number of para-hydroxylation sites is 2. The average Bonchev–Trinajstić information content (AvgIpc) is 3.38. The first-order valence-electron chi connectivity index (χ1n) is 10.4. The molecule has 164 valence electrons. The fourth-order valence-electron chi connectivity index (χ4n) is 2.54. The number of hydrogen-bond donors (Lipinski definition) is 0. The fraction of sp³-hybridized carbons (Fsp3) is 0.280. The van der Waals surface area contributed by atoms with Crippen LogP contribution < -0.4 is 9.47 Å². The van der Waals surface area contributed by atoms with Gasteiger partial charge in [0.15, 0.2) is 0 Å². The Kier molecular flexibility index (Phi) is 9.88. The van der Waals surface area contributed by atoms with Crippen molar-refractivity contribution in [1.82, 2.24) is 14.9 Å². The van der Waals surface area contributed by atoms with E-state index < -0.39 is 0 Å². The Labute approximate surface area is 184 Å². The topological polar surface area (TPSA) is 62.3 Å². The molecular formula is C25H31N3O3. The molecule has 0 spiro atoms. The summed E-state index contributed by atoms with van der Waals surface area (Å²) < 4.78 is 17.8. The molecule has 6 heteroatoms. The molecule has 0 fully saturated rings. The zero-order chi connectivity index (χ0) is 22.5. The van der Waals surface area contributed by atoms with E-state index in [2.05, 4.69) is 10.3 Å². The van der Waals surface area contributed by atoms with Crippen molar-refractivity contribution in [2.45, 2.75) is 40.9 Å². The summed E-state index contributed by atoms with van der Waals surface area (Å²) in [7, 11) is 1.93. The van der Waals surface area contributed by atoms with Gasteiger partial charge in [-0.05, 0) is 44.2 Å². The molecule has 0 aliphatic heterocycles. The maximum absolute atomic E-state index is 5.58. The maximum atomic E-state index is 5.58. The molecule has 2 aromatic carbocycles. The summed E-state index contributed by atoms with van der Waals surface area (Å²) in [5.74, 6) is 2.52. The summed E-state index contributed by atoms with van der Waals surface area (Å²) in [5.41, 5.74) is 2.91. The first-order chi connectivity index (χ1) is 15.1. The lowest BCUT2D eigenvalue weighted by Crippen LogP contribution is -1.98. The van der Waals surface area contributed by atoms with E-state index in [1.807, 2.05) is 112 Å². The van der Waals surface area contributed by atoms with Crippen molar-refractivity contribution in [1.29, 1.82) is 0 Å². The summed E-state index contributed by atoms with van der Waals surface area (Å²) in [5, 5.41) is 8.15. The Morgan fingerprint density at radius 1 is 0.774 bits per heavy atom. The first kappa shape index (κ1) is 23.7. The van der Waals surface area contributed by atoms with Crippen LogP contribution in [0.25, 0.3) is 0 Å².